The Morgan fingerprint density at radius 2 is 1.93 bits per heavy atom. The number of esters is 1. The van der Waals surface area contributed by atoms with E-state index in [1.54, 1.807) is 14.2 Å². The molecule has 0 aliphatic carbocycles. The van der Waals surface area contributed by atoms with Gasteiger partial charge in [-0.25, -0.2) is 0 Å². The molecular formula is C20H27N3O6. The van der Waals surface area contributed by atoms with Crippen LogP contribution in [0.3, 0.4) is 0 Å². The highest BCUT2D eigenvalue weighted by Gasteiger charge is 2.38. The van der Waals surface area contributed by atoms with E-state index in [1.165, 1.54) is 9.80 Å². The number of carbonyl (C=O) groups is 3. The second-order valence-corrected chi connectivity index (χ2v) is 7.40. The quantitative estimate of drug-likeness (QED) is 0.570. The zero-order valence-electron chi connectivity index (χ0n) is 16.7. The van der Waals surface area contributed by atoms with Crippen molar-refractivity contribution in [1.82, 2.24) is 15.1 Å². The number of likely N-dealkylation sites (N-methyl/N-ethyl adjacent to an activating group) is 1. The topological polar surface area (TPSA) is 108 Å². The molecule has 1 aromatic rings. The zero-order chi connectivity index (χ0) is 21.0. The fourth-order valence-corrected chi connectivity index (χ4v) is 3.54. The Hall–Kier alpha value is -2.65. The van der Waals surface area contributed by atoms with Gasteiger partial charge in [-0.1, -0.05) is 12.1 Å². The zero-order valence-corrected chi connectivity index (χ0v) is 16.7. The van der Waals surface area contributed by atoms with Crippen molar-refractivity contribution in [1.29, 1.82) is 0 Å². The van der Waals surface area contributed by atoms with Gasteiger partial charge in [0.2, 0.25) is 11.8 Å². The maximum Gasteiger partial charge on any atom is 0.308 e. The van der Waals surface area contributed by atoms with Crippen molar-refractivity contribution in [2.24, 2.45) is 0 Å². The van der Waals surface area contributed by atoms with E-state index < -0.39 is 18.2 Å². The Morgan fingerprint density at radius 3 is 2.62 bits per heavy atom. The summed E-state index contributed by atoms with van der Waals surface area (Å²) < 4.78 is 10.7. The summed E-state index contributed by atoms with van der Waals surface area (Å²) in [5.74, 6) is -0.0995. The molecule has 0 spiro atoms. The van der Waals surface area contributed by atoms with Gasteiger partial charge in [-0.15, -0.1) is 0 Å². The average Bonchev–Trinajstić information content (AvgIpc) is 3.03. The Labute approximate surface area is 169 Å². The number of nitrogens with one attached hydrogen (secondary N) is 1. The van der Waals surface area contributed by atoms with Crippen molar-refractivity contribution in [2.75, 3.05) is 40.3 Å². The number of rotatable bonds is 7. The Kier molecular flexibility index (Phi) is 6.71. The molecule has 2 aliphatic heterocycles. The van der Waals surface area contributed by atoms with Crippen molar-refractivity contribution in [3.05, 3.63) is 29.8 Å². The highest BCUT2D eigenvalue weighted by Crippen LogP contribution is 2.19. The van der Waals surface area contributed by atoms with E-state index in [4.69, 9.17) is 9.47 Å². The molecule has 158 valence electrons. The number of aliphatic hydroxyl groups excluding tert-OH is 1. The van der Waals surface area contributed by atoms with Crippen molar-refractivity contribution in [2.45, 2.75) is 31.1 Å². The first-order chi connectivity index (χ1) is 13.9. The largest absolute Gasteiger partial charge is 0.497 e. The van der Waals surface area contributed by atoms with E-state index in [0.29, 0.717) is 13.0 Å². The lowest BCUT2D eigenvalue weighted by Gasteiger charge is -2.31. The number of nitrogens with zero attached hydrogens (tertiary/aromatic N) is 2. The summed E-state index contributed by atoms with van der Waals surface area (Å²) in [5.41, 5.74) is 1.03. The van der Waals surface area contributed by atoms with Crippen molar-refractivity contribution < 1.29 is 29.0 Å². The molecule has 2 fully saturated rings. The normalized spacial score (nSPS) is 24.7. The first-order valence-corrected chi connectivity index (χ1v) is 9.63. The molecule has 0 bridgehead atoms. The molecule has 0 radical (unpaired) electrons. The smallest absolute Gasteiger partial charge is 0.308 e. The summed E-state index contributed by atoms with van der Waals surface area (Å²) in [6, 6.07) is 7.36. The number of benzene rings is 1. The number of amides is 2. The number of methoxy groups -OCH3 is 1. The SMILES string of the molecule is COc1ccc(C[C@H]2NC[C@H](O)[C@H]2OC(=O)CCN2CC(=O)N(C)CC2=O)cc1. The predicted molar refractivity (Wildman–Crippen MR) is 103 cm³/mol. The summed E-state index contributed by atoms with van der Waals surface area (Å²) in [4.78, 5) is 38.8. The summed E-state index contributed by atoms with van der Waals surface area (Å²) in [5, 5.41) is 13.4. The third kappa shape index (κ3) is 5.24. The first-order valence-electron chi connectivity index (χ1n) is 9.63. The van der Waals surface area contributed by atoms with Crippen LogP contribution in [0, 0.1) is 0 Å². The predicted octanol–water partition coefficient (Wildman–Crippen LogP) is -0.827. The molecule has 2 saturated heterocycles. The Morgan fingerprint density at radius 1 is 1.21 bits per heavy atom. The number of aliphatic hydroxyl groups is 1. The molecule has 0 aromatic heterocycles. The van der Waals surface area contributed by atoms with Gasteiger partial charge in [0.05, 0.1) is 32.7 Å². The van der Waals surface area contributed by atoms with E-state index in [0.717, 1.165) is 11.3 Å². The molecule has 0 unspecified atom stereocenters. The summed E-state index contributed by atoms with van der Waals surface area (Å²) >= 11 is 0. The molecule has 2 N–H and O–H groups in total. The number of carbonyl (C=O) groups excluding carboxylic acids is 3. The van der Waals surface area contributed by atoms with E-state index in [2.05, 4.69) is 5.32 Å². The van der Waals surface area contributed by atoms with Crippen LogP contribution in [-0.4, -0.2) is 91.3 Å². The van der Waals surface area contributed by atoms with E-state index in [9.17, 15) is 19.5 Å². The van der Waals surface area contributed by atoms with Crippen LogP contribution in [0.15, 0.2) is 24.3 Å². The van der Waals surface area contributed by atoms with E-state index in [-0.39, 0.29) is 43.9 Å². The maximum atomic E-state index is 12.3. The molecule has 2 aliphatic rings. The molecule has 2 amide bonds. The van der Waals surface area contributed by atoms with Crippen molar-refractivity contribution in [3.63, 3.8) is 0 Å². The number of β-amino-alcohol motifs (C(OH)–C–C–N with tert-alkyl or cyclic N) is 1. The molecule has 0 saturated carbocycles. The van der Waals surface area contributed by atoms with Gasteiger partial charge >= 0.3 is 5.97 Å². The third-order valence-electron chi connectivity index (χ3n) is 5.31. The summed E-state index contributed by atoms with van der Waals surface area (Å²) in [7, 11) is 3.17. The Balaban J connectivity index is 1.52. The molecule has 1 aromatic carbocycles. The van der Waals surface area contributed by atoms with Crippen LogP contribution in [0.2, 0.25) is 0 Å². The standard InChI is InChI=1S/C20H27N3O6/c1-22-11-18(26)23(12-17(22)25)8-7-19(27)29-20-15(21-10-16(20)24)9-13-3-5-14(28-2)6-4-13/h3-6,15-16,20-21,24H,7-12H2,1-2H3/t15-,16+,20+/m1/s1. The van der Waals surface area contributed by atoms with Gasteiger partial charge < -0.3 is 29.7 Å². The van der Waals surface area contributed by atoms with Gasteiger partial charge in [0.15, 0.2) is 0 Å². The number of hydrogen-bond acceptors (Lipinski definition) is 7. The van der Waals surface area contributed by atoms with Crippen LogP contribution in [-0.2, 0) is 25.5 Å². The second kappa shape index (κ2) is 9.23. The fraction of sp³-hybridized carbons (Fsp3) is 0.550. The molecule has 2 heterocycles. The molecule has 3 atom stereocenters. The first kappa shape index (κ1) is 21.1. The maximum absolute atomic E-state index is 12.3. The molecule has 9 heteroatoms. The van der Waals surface area contributed by atoms with Crippen LogP contribution in [0.5, 0.6) is 5.75 Å². The lowest BCUT2D eigenvalue weighted by Crippen LogP contribution is -2.52. The van der Waals surface area contributed by atoms with Crippen molar-refractivity contribution in [3.8, 4) is 5.75 Å². The number of piperazine rings is 1. The highest BCUT2D eigenvalue weighted by molar-refractivity contribution is 5.92. The minimum Gasteiger partial charge on any atom is -0.497 e. The second-order valence-electron chi connectivity index (χ2n) is 7.40. The summed E-state index contributed by atoms with van der Waals surface area (Å²) in [6.45, 7) is 0.445. The number of ether oxygens (including phenoxy) is 2. The summed E-state index contributed by atoms with van der Waals surface area (Å²) in [6.07, 6.45) is -0.908. The van der Waals surface area contributed by atoms with Gasteiger partial charge in [0, 0.05) is 20.1 Å². The van der Waals surface area contributed by atoms with Gasteiger partial charge in [-0.05, 0) is 24.1 Å². The highest BCUT2D eigenvalue weighted by atomic mass is 16.6. The Bertz CT molecular complexity index is 753. The van der Waals surface area contributed by atoms with Crippen LogP contribution in [0.1, 0.15) is 12.0 Å². The lowest BCUT2D eigenvalue weighted by atomic mass is 10.0. The van der Waals surface area contributed by atoms with Crippen LogP contribution in [0.4, 0.5) is 0 Å². The monoisotopic (exact) mass is 405 g/mol. The molecule has 29 heavy (non-hydrogen) atoms. The van der Waals surface area contributed by atoms with Gasteiger partial charge in [-0.3, -0.25) is 14.4 Å². The van der Waals surface area contributed by atoms with Gasteiger partial charge in [0.25, 0.3) is 0 Å². The third-order valence-corrected chi connectivity index (χ3v) is 5.31. The van der Waals surface area contributed by atoms with Gasteiger partial charge in [-0.2, -0.15) is 0 Å². The minimum absolute atomic E-state index is 0.0169. The van der Waals surface area contributed by atoms with Crippen molar-refractivity contribution >= 4 is 17.8 Å². The fourth-order valence-electron chi connectivity index (χ4n) is 3.54. The van der Waals surface area contributed by atoms with E-state index >= 15 is 0 Å². The molecule has 3 rings (SSSR count). The average molecular weight is 405 g/mol. The molecule has 9 nitrogen and oxygen atoms in total. The minimum atomic E-state index is -0.797. The van der Waals surface area contributed by atoms with E-state index in [1.807, 2.05) is 24.3 Å². The van der Waals surface area contributed by atoms with Crippen LogP contribution < -0.4 is 10.1 Å². The van der Waals surface area contributed by atoms with Gasteiger partial charge in [0.1, 0.15) is 18.0 Å². The lowest BCUT2D eigenvalue weighted by molar-refractivity contribution is -0.156. The number of hydrogen-bond donors (Lipinski definition) is 2. The molecular weight excluding hydrogens is 378 g/mol. The van der Waals surface area contributed by atoms with Crippen LogP contribution in [0.25, 0.3) is 0 Å². The van der Waals surface area contributed by atoms with Crippen LogP contribution >= 0.6 is 0 Å².